The molecule has 0 heterocycles. The monoisotopic (exact) mass is 244 g/mol. The van der Waals surface area contributed by atoms with Gasteiger partial charge < -0.3 is 24.9 Å². The molecule has 5 N–H and O–H groups in total. The first kappa shape index (κ1) is 16.5. The molecule has 0 saturated carbocycles. The number of aliphatic carboxylic acids is 2. The van der Waals surface area contributed by atoms with E-state index in [9.17, 15) is 9.59 Å². The number of phosphoric acid groups is 1. The Bertz CT molecular complexity index is 248. The summed E-state index contributed by atoms with van der Waals surface area (Å²) in [6, 6.07) is 0. The molecule has 90 valence electrons. The number of carboxylic acids is 2. The smallest absolute Gasteiger partial charge is 0.466 e. The highest BCUT2D eigenvalue weighted by molar-refractivity contribution is 7.45. The Balaban J connectivity index is 0. The Labute approximate surface area is 85.4 Å². The maximum absolute atomic E-state index is 10.2. The lowest BCUT2D eigenvalue weighted by Crippen LogP contribution is -2.16. The number of carbonyl (C=O) groups is 2. The Hall–Kier alpha value is -0.950. The van der Waals surface area contributed by atoms with E-state index in [0.29, 0.717) is 6.42 Å². The molecule has 9 heteroatoms. The van der Waals surface area contributed by atoms with Gasteiger partial charge in [0.05, 0.1) is 12.3 Å². The molecule has 0 aromatic heterocycles. The predicted molar refractivity (Wildman–Crippen MR) is 47.9 cm³/mol. The Morgan fingerprint density at radius 2 is 1.53 bits per heavy atom. The van der Waals surface area contributed by atoms with Gasteiger partial charge in [-0.1, -0.05) is 6.92 Å². The van der Waals surface area contributed by atoms with Crippen molar-refractivity contribution in [1.29, 1.82) is 0 Å². The second kappa shape index (κ2) is 7.36. The van der Waals surface area contributed by atoms with Gasteiger partial charge in [-0.15, -0.1) is 0 Å². The zero-order valence-electron chi connectivity index (χ0n) is 7.90. The maximum Gasteiger partial charge on any atom is 0.466 e. The molecular weight excluding hydrogens is 231 g/mol. The van der Waals surface area contributed by atoms with Gasteiger partial charge in [0.1, 0.15) is 0 Å². The predicted octanol–water partition coefficient (Wildman–Crippen LogP) is -0.357. The zero-order valence-corrected chi connectivity index (χ0v) is 8.79. The van der Waals surface area contributed by atoms with E-state index in [-0.39, 0.29) is 6.42 Å². The van der Waals surface area contributed by atoms with Gasteiger partial charge in [0, 0.05) is 0 Å². The lowest BCUT2D eigenvalue weighted by atomic mass is 10.0. The molecule has 0 aliphatic carbocycles. The molecule has 0 bridgehead atoms. The lowest BCUT2D eigenvalue weighted by molar-refractivity contribution is -0.148. The van der Waals surface area contributed by atoms with Crippen molar-refractivity contribution in [3.8, 4) is 0 Å². The van der Waals surface area contributed by atoms with Crippen molar-refractivity contribution < 1.29 is 39.0 Å². The summed E-state index contributed by atoms with van der Waals surface area (Å²) in [4.78, 5) is 41.8. The molecule has 0 aromatic rings. The highest BCUT2D eigenvalue weighted by Gasteiger charge is 2.17. The fourth-order valence-electron chi connectivity index (χ4n) is 0.617. The molecule has 0 aromatic carbocycles. The summed E-state index contributed by atoms with van der Waals surface area (Å²) in [5, 5.41) is 16.6. The van der Waals surface area contributed by atoms with Crippen LogP contribution in [0.4, 0.5) is 0 Å². The first-order valence-electron chi connectivity index (χ1n) is 3.80. The summed E-state index contributed by atoms with van der Waals surface area (Å²) in [6.07, 6.45) is 0.0769. The number of hydrogen-bond acceptors (Lipinski definition) is 3. The standard InChI is InChI=1S/C6H10O4.H3O4P/c1-2-4(6(9)10)3-5(7)8;1-5(2,3)4/h4H,2-3H2,1H3,(H,7,8)(H,9,10);(H3,1,2,3,4). The average molecular weight is 244 g/mol. The van der Waals surface area contributed by atoms with Crippen molar-refractivity contribution in [3.63, 3.8) is 0 Å². The van der Waals surface area contributed by atoms with Crippen molar-refractivity contribution in [2.45, 2.75) is 19.8 Å². The van der Waals surface area contributed by atoms with Crippen LogP contribution in [0.3, 0.4) is 0 Å². The molecule has 1 atom stereocenters. The van der Waals surface area contributed by atoms with Crippen molar-refractivity contribution in [2.75, 3.05) is 0 Å². The lowest BCUT2D eigenvalue weighted by Gasteiger charge is -2.03. The molecule has 0 rings (SSSR count). The van der Waals surface area contributed by atoms with E-state index in [1.807, 2.05) is 0 Å². The quantitative estimate of drug-likeness (QED) is 0.420. The van der Waals surface area contributed by atoms with Gasteiger partial charge in [-0.25, -0.2) is 4.57 Å². The van der Waals surface area contributed by atoms with E-state index < -0.39 is 25.7 Å². The summed E-state index contributed by atoms with van der Waals surface area (Å²) in [5.74, 6) is -2.84. The minimum absolute atomic E-state index is 0.286. The zero-order chi connectivity index (χ0) is 12.6. The van der Waals surface area contributed by atoms with Crippen LogP contribution in [0.2, 0.25) is 0 Å². The molecule has 1 unspecified atom stereocenters. The summed E-state index contributed by atoms with van der Waals surface area (Å²) in [6.45, 7) is 1.65. The van der Waals surface area contributed by atoms with E-state index in [2.05, 4.69) is 0 Å². The Kier molecular flexibility index (Phi) is 8.08. The normalized spacial score (nSPS) is 12.3. The largest absolute Gasteiger partial charge is 0.481 e. The average Bonchev–Trinajstić information content (AvgIpc) is 1.95. The fourth-order valence-corrected chi connectivity index (χ4v) is 0.617. The van der Waals surface area contributed by atoms with Crippen LogP contribution < -0.4 is 0 Å². The van der Waals surface area contributed by atoms with Crippen LogP contribution in [0.15, 0.2) is 0 Å². The van der Waals surface area contributed by atoms with Crippen molar-refractivity contribution in [2.24, 2.45) is 5.92 Å². The molecule has 0 aliphatic heterocycles. The van der Waals surface area contributed by atoms with Crippen LogP contribution in [-0.2, 0) is 14.2 Å². The first-order chi connectivity index (χ1) is 6.57. The highest BCUT2D eigenvalue weighted by Crippen LogP contribution is 2.25. The van der Waals surface area contributed by atoms with Crippen LogP contribution in [0, 0.1) is 5.92 Å². The van der Waals surface area contributed by atoms with E-state index in [1.54, 1.807) is 6.92 Å². The van der Waals surface area contributed by atoms with Crippen LogP contribution >= 0.6 is 7.82 Å². The van der Waals surface area contributed by atoms with E-state index in [1.165, 1.54) is 0 Å². The molecule has 8 nitrogen and oxygen atoms in total. The minimum atomic E-state index is -4.64. The van der Waals surface area contributed by atoms with Gasteiger partial charge in [0.2, 0.25) is 0 Å². The van der Waals surface area contributed by atoms with Gasteiger partial charge in [-0.2, -0.15) is 0 Å². The number of rotatable bonds is 4. The Morgan fingerprint density at radius 3 is 1.60 bits per heavy atom. The molecule has 0 aliphatic rings. The van der Waals surface area contributed by atoms with Crippen LogP contribution in [0.1, 0.15) is 19.8 Å². The van der Waals surface area contributed by atoms with Gasteiger partial charge in [0.25, 0.3) is 0 Å². The SMILES string of the molecule is CCC(CC(=O)O)C(=O)O.O=P(O)(O)O. The molecular formula is C6H13O8P. The molecule has 0 amide bonds. The highest BCUT2D eigenvalue weighted by atomic mass is 31.2. The minimum Gasteiger partial charge on any atom is -0.481 e. The second-order valence-corrected chi connectivity index (χ2v) is 3.58. The Morgan fingerprint density at radius 1 is 1.20 bits per heavy atom. The number of hydrogen-bond donors (Lipinski definition) is 5. The van der Waals surface area contributed by atoms with E-state index in [4.69, 9.17) is 29.5 Å². The van der Waals surface area contributed by atoms with E-state index in [0.717, 1.165) is 0 Å². The van der Waals surface area contributed by atoms with Gasteiger partial charge in [-0.05, 0) is 6.42 Å². The summed E-state index contributed by atoms with van der Waals surface area (Å²) in [5.41, 5.74) is 0. The topological polar surface area (TPSA) is 152 Å². The molecule has 0 saturated heterocycles. The van der Waals surface area contributed by atoms with Gasteiger partial charge in [-0.3, -0.25) is 9.59 Å². The van der Waals surface area contributed by atoms with Crippen LogP contribution in [0.25, 0.3) is 0 Å². The number of carboxylic acid groups (broad SMARTS) is 2. The van der Waals surface area contributed by atoms with Crippen molar-refractivity contribution in [3.05, 3.63) is 0 Å². The third-order valence-electron chi connectivity index (χ3n) is 1.26. The third-order valence-corrected chi connectivity index (χ3v) is 1.26. The van der Waals surface area contributed by atoms with Crippen LogP contribution in [0.5, 0.6) is 0 Å². The fraction of sp³-hybridized carbons (Fsp3) is 0.667. The maximum atomic E-state index is 10.2. The van der Waals surface area contributed by atoms with Gasteiger partial charge in [0.15, 0.2) is 0 Å². The molecule has 0 radical (unpaired) electrons. The van der Waals surface area contributed by atoms with E-state index >= 15 is 0 Å². The third kappa shape index (κ3) is 19.5. The molecule has 0 spiro atoms. The summed E-state index contributed by atoms with van der Waals surface area (Å²) in [7, 11) is -4.64. The first-order valence-corrected chi connectivity index (χ1v) is 5.37. The van der Waals surface area contributed by atoms with Crippen molar-refractivity contribution in [1.82, 2.24) is 0 Å². The van der Waals surface area contributed by atoms with Crippen molar-refractivity contribution >= 4 is 19.8 Å². The summed E-state index contributed by atoms with van der Waals surface area (Å²) < 4.78 is 8.88. The second-order valence-electron chi connectivity index (χ2n) is 2.55. The summed E-state index contributed by atoms with van der Waals surface area (Å²) >= 11 is 0. The van der Waals surface area contributed by atoms with Crippen LogP contribution in [-0.4, -0.2) is 36.8 Å². The molecule has 15 heavy (non-hydrogen) atoms. The molecule has 0 fully saturated rings. The van der Waals surface area contributed by atoms with Gasteiger partial charge >= 0.3 is 19.8 Å².